The summed E-state index contributed by atoms with van der Waals surface area (Å²) in [5, 5.41) is 5.26. The lowest BCUT2D eigenvalue weighted by atomic mass is 10.0. The Morgan fingerprint density at radius 1 is 1.42 bits per heavy atom. The maximum atomic E-state index is 13.3. The van der Waals surface area contributed by atoms with Crippen LogP contribution in [0.2, 0.25) is 0 Å². The highest BCUT2D eigenvalue weighted by Crippen LogP contribution is 2.33. The van der Waals surface area contributed by atoms with Crippen molar-refractivity contribution >= 4 is 27.3 Å². The Morgan fingerprint density at radius 2 is 2.21 bits per heavy atom. The zero-order chi connectivity index (χ0) is 13.8. The Bertz CT molecular complexity index is 558. The third-order valence-electron chi connectivity index (χ3n) is 2.97. The summed E-state index contributed by atoms with van der Waals surface area (Å²) in [5.41, 5.74) is 0.940. The van der Waals surface area contributed by atoms with Crippen LogP contribution in [0.1, 0.15) is 16.5 Å². The molecule has 0 amide bonds. The van der Waals surface area contributed by atoms with Crippen LogP contribution in [-0.2, 0) is 6.42 Å². The lowest BCUT2D eigenvalue weighted by Gasteiger charge is -2.17. The number of rotatable bonds is 5. The molecule has 0 saturated carbocycles. The molecule has 5 heteroatoms. The van der Waals surface area contributed by atoms with Gasteiger partial charge in [0.15, 0.2) is 0 Å². The van der Waals surface area contributed by atoms with E-state index in [0.29, 0.717) is 6.42 Å². The van der Waals surface area contributed by atoms with Gasteiger partial charge in [0.1, 0.15) is 11.6 Å². The predicted molar refractivity (Wildman–Crippen MR) is 80.5 cm³/mol. The number of nitrogens with one attached hydrogen (secondary N) is 1. The highest BCUT2D eigenvalue weighted by Gasteiger charge is 2.18. The summed E-state index contributed by atoms with van der Waals surface area (Å²) in [6.07, 6.45) is 0.700. The maximum Gasteiger partial charge on any atom is 0.134 e. The van der Waals surface area contributed by atoms with E-state index < -0.39 is 0 Å². The first-order valence-electron chi connectivity index (χ1n) is 5.88. The molecule has 1 heterocycles. The van der Waals surface area contributed by atoms with E-state index >= 15 is 0 Å². The molecule has 0 spiro atoms. The van der Waals surface area contributed by atoms with E-state index in [1.165, 1.54) is 6.07 Å². The Kier molecular flexibility index (Phi) is 4.96. The molecule has 19 heavy (non-hydrogen) atoms. The molecule has 102 valence electrons. The highest BCUT2D eigenvalue weighted by atomic mass is 79.9. The van der Waals surface area contributed by atoms with E-state index in [9.17, 15) is 4.39 Å². The monoisotopic (exact) mass is 343 g/mol. The van der Waals surface area contributed by atoms with Gasteiger partial charge in [-0.15, -0.1) is 11.3 Å². The van der Waals surface area contributed by atoms with Crippen LogP contribution in [0.5, 0.6) is 5.75 Å². The van der Waals surface area contributed by atoms with E-state index in [1.54, 1.807) is 30.6 Å². The van der Waals surface area contributed by atoms with Crippen molar-refractivity contribution < 1.29 is 9.13 Å². The third kappa shape index (κ3) is 3.35. The van der Waals surface area contributed by atoms with E-state index in [4.69, 9.17) is 4.74 Å². The first-order chi connectivity index (χ1) is 9.15. The van der Waals surface area contributed by atoms with Crippen molar-refractivity contribution in [3.63, 3.8) is 0 Å². The van der Waals surface area contributed by atoms with Crippen LogP contribution in [0.4, 0.5) is 4.39 Å². The minimum absolute atomic E-state index is 0.105. The number of hydrogen-bond acceptors (Lipinski definition) is 3. The van der Waals surface area contributed by atoms with E-state index in [1.807, 2.05) is 18.5 Å². The topological polar surface area (TPSA) is 21.3 Å². The summed E-state index contributed by atoms with van der Waals surface area (Å²) in [7, 11) is 3.56. The molecule has 1 unspecified atom stereocenters. The molecular weight excluding hydrogens is 329 g/mol. The molecule has 2 rings (SSSR count). The standard InChI is InChI=1S/C14H15BrFNOS/c1-17-12(14-13(18-2)5-6-19-14)8-9-7-10(16)3-4-11(9)15/h3-7,12,17H,8H2,1-2H3. The van der Waals surface area contributed by atoms with Crippen LogP contribution < -0.4 is 10.1 Å². The fourth-order valence-electron chi connectivity index (χ4n) is 1.98. The highest BCUT2D eigenvalue weighted by molar-refractivity contribution is 9.10. The van der Waals surface area contributed by atoms with E-state index in [0.717, 1.165) is 20.7 Å². The molecule has 0 fully saturated rings. The molecule has 2 nitrogen and oxygen atoms in total. The van der Waals surface area contributed by atoms with Crippen molar-refractivity contribution in [2.75, 3.05) is 14.2 Å². The largest absolute Gasteiger partial charge is 0.496 e. The molecule has 0 aliphatic rings. The van der Waals surface area contributed by atoms with Gasteiger partial charge >= 0.3 is 0 Å². The lowest BCUT2D eigenvalue weighted by molar-refractivity contribution is 0.405. The fourth-order valence-corrected chi connectivity index (χ4v) is 3.36. The van der Waals surface area contributed by atoms with E-state index in [-0.39, 0.29) is 11.9 Å². The van der Waals surface area contributed by atoms with Gasteiger partial charge in [-0.25, -0.2) is 4.39 Å². The molecule has 1 aromatic heterocycles. The quantitative estimate of drug-likeness (QED) is 0.879. The van der Waals surface area contributed by atoms with Crippen LogP contribution in [0, 0.1) is 5.82 Å². The van der Waals surface area contributed by atoms with Gasteiger partial charge in [-0.2, -0.15) is 0 Å². The normalized spacial score (nSPS) is 12.4. The molecule has 0 saturated heterocycles. The Labute approximate surface area is 124 Å². The lowest BCUT2D eigenvalue weighted by Crippen LogP contribution is -2.18. The summed E-state index contributed by atoms with van der Waals surface area (Å²) in [6, 6.07) is 6.81. The zero-order valence-electron chi connectivity index (χ0n) is 10.7. The number of hydrogen-bond donors (Lipinski definition) is 1. The number of likely N-dealkylation sites (N-methyl/N-ethyl adjacent to an activating group) is 1. The number of halogens is 2. The second kappa shape index (κ2) is 6.50. The third-order valence-corrected chi connectivity index (χ3v) is 4.76. The average molecular weight is 344 g/mol. The molecule has 0 aliphatic heterocycles. The second-order valence-corrected chi connectivity index (χ2v) is 5.94. The Balaban J connectivity index is 2.26. The predicted octanol–water partition coefficient (Wildman–Crippen LogP) is 4.16. The van der Waals surface area contributed by atoms with Gasteiger partial charge in [-0.05, 0) is 48.7 Å². The molecular formula is C14H15BrFNOS. The van der Waals surface area contributed by atoms with Gasteiger partial charge in [0.05, 0.1) is 12.0 Å². The molecule has 1 atom stereocenters. The number of thiophene rings is 1. The van der Waals surface area contributed by atoms with Crippen LogP contribution in [0.25, 0.3) is 0 Å². The summed E-state index contributed by atoms with van der Waals surface area (Å²) in [6.45, 7) is 0. The zero-order valence-corrected chi connectivity index (χ0v) is 13.1. The van der Waals surface area contributed by atoms with Crippen LogP contribution in [0.3, 0.4) is 0 Å². The fraction of sp³-hybridized carbons (Fsp3) is 0.286. The van der Waals surface area contributed by atoms with Gasteiger partial charge in [-0.3, -0.25) is 0 Å². The van der Waals surface area contributed by atoms with Crippen molar-refractivity contribution in [3.05, 3.63) is 50.4 Å². The molecule has 2 aromatic rings. The summed E-state index contributed by atoms with van der Waals surface area (Å²) < 4.78 is 19.6. The number of methoxy groups -OCH3 is 1. The van der Waals surface area contributed by atoms with Crippen LogP contribution in [-0.4, -0.2) is 14.2 Å². The van der Waals surface area contributed by atoms with Gasteiger partial charge < -0.3 is 10.1 Å². The molecule has 0 radical (unpaired) electrons. The molecule has 0 bridgehead atoms. The van der Waals surface area contributed by atoms with Crippen LogP contribution >= 0.6 is 27.3 Å². The maximum absolute atomic E-state index is 13.3. The van der Waals surface area contributed by atoms with Crippen molar-refractivity contribution in [2.24, 2.45) is 0 Å². The summed E-state index contributed by atoms with van der Waals surface area (Å²) in [5.74, 6) is 0.656. The molecule has 1 N–H and O–H groups in total. The Morgan fingerprint density at radius 3 is 2.89 bits per heavy atom. The van der Waals surface area contributed by atoms with Gasteiger partial charge in [0, 0.05) is 10.5 Å². The smallest absolute Gasteiger partial charge is 0.134 e. The van der Waals surface area contributed by atoms with Crippen molar-refractivity contribution in [1.29, 1.82) is 0 Å². The van der Waals surface area contributed by atoms with Gasteiger partial charge in [0.2, 0.25) is 0 Å². The Hall–Kier alpha value is -0.910. The van der Waals surface area contributed by atoms with Crippen molar-refractivity contribution in [3.8, 4) is 5.75 Å². The van der Waals surface area contributed by atoms with Crippen molar-refractivity contribution in [1.82, 2.24) is 5.32 Å². The summed E-state index contributed by atoms with van der Waals surface area (Å²) >= 11 is 5.10. The van der Waals surface area contributed by atoms with Crippen molar-refractivity contribution in [2.45, 2.75) is 12.5 Å². The minimum Gasteiger partial charge on any atom is -0.496 e. The van der Waals surface area contributed by atoms with Crippen LogP contribution in [0.15, 0.2) is 34.1 Å². The molecule has 0 aliphatic carbocycles. The van der Waals surface area contributed by atoms with Gasteiger partial charge in [0.25, 0.3) is 0 Å². The van der Waals surface area contributed by atoms with E-state index in [2.05, 4.69) is 21.2 Å². The number of ether oxygens (including phenoxy) is 1. The first kappa shape index (κ1) is 14.5. The van der Waals surface area contributed by atoms with Gasteiger partial charge in [-0.1, -0.05) is 15.9 Å². The minimum atomic E-state index is -0.216. The summed E-state index contributed by atoms with van der Waals surface area (Å²) in [4.78, 5) is 1.13. The number of benzene rings is 1. The molecule has 1 aromatic carbocycles. The SMILES string of the molecule is CNC(Cc1cc(F)ccc1Br)c1sccc1OC. The first-order valence-corrected chi connectivity index (χ1v) is 7.55. The second-order valence-electron chi connectivity index (χ2n) is 4.13. The average Bonchev–Trinajstić information content (AvgIpc) is 2.88.